The molecule has 1 N–H and O–H groups in total. The maximum absolute atomic E-state index is 12.9. The molecule has 1 aliphatic rings. The van der Waals surface area contributed by atoms with Crippen molar-refractivity contribution in [1.29, 1.82) is 0 Å². The van der Waals surface area contributed by atoms with Crippen molar-refractivity contribution in [1.82, 2.24) is 4.90 Å². The lowest BCUT2D eigenvalue weighted by Gasteiger charge is -2.12. The summed E-state index contributed by atoms with van der Waals surface area (Å²) < 4.78 is 6.81. The number of hydrogen-bond donors (Lipinski definition) is 1. The topological polar surface area (TPSA) is 75.7 Å². The van der Waals surface area contributed by atoms with E-state index in [1.807, 2.05) is 55.5 Å². The molecule has 8 heteroatoms. The number of carbonyl (C=O) groups excluding carboxylic acids is 3. The van der Waals surface area contributed by atoms with E-state index in [0.29, 0.717) is 21.9 Å². The van der Waals surface area contributed by atoms with Crippen LogP contribution in [0, 0.1) is 10.5 Å². The molecule has 0 aliphatic carbocycles. The van der Waals surface area contributed by atoms with E-state index in [2.05, 4.69) is 27.9 Å². The summed E-state index contributed by atoms with van der Waals surface area (Å²) in [7, 11) is 0. The van der Waals surface area contributed by atoms with Gasteiger partial charge in [-0.05, 0) is 88.8 Å². The third kappa shape index (κ3) is 6.06. The van der Waals surface area contributed by atoms with Gasteiger partial charge in [0.25, 0.3) is 17.1 Å². The predicted molar refractivity (Wildman–Crippen MR) is 142 cm³/mol. The van der Waals surface area contributed by atoms with Gasteiger partial charge in [-0.15, -0.1) is 0 Å². The fraction of sp³-hybridized carbons (Fsp3) is 0.115. The molecular weight excluding hydrogens is 563 g/mol. The first-order valence-corrected chi connectivity index (χ1v) is 12.4. The molecule has 3 amide bonds. The summed E-state index contributed by atoms with van der Waals surface area (Å²) in [6.07, 6.45) is 1.63. The summed E-state index contributed by atoms with van der Waals surface area (Å²) in [5.41, 5.74) is 3.24. The van der Waals surface area contributed by atoms with Crippen LogP contribution in [-0.2, 0) is 16.1 Å². The number of anilines is 1. The molecule has 0 bridgehead atoms. The van der Waals surface area contributed by atoms with E-state index in [4.69, 9.17) is 4.74 Å². The Hall–Kier alpha value is -3.11. The van der Waals surface area contributed by atoms with Gasteiger partial charge in [0, 0.05) is 14.8 Å². The zero-order valence-corrected chi connectivity index (χ0v) is 21.3. The Kier molecular flexibility index (Phi) is 7.69. The monoisotopic (exact) mass is 584 g/mol. The smallest absolute Gasteiger partial charge is 0.293 e. The van der Waals surface area contributed by atoms with E-state index in [-0.39, 0.29) is 30.2 Å². The molecule has 0 atom stereocenters. The summed E-state index contributed by atoms with van der Waals surface area (Å²) in [4.78, 5) is 39.3. The third-order valence-corrected chi connectivity index (χ3v) is 6.62. The summed E-state index contributed by atoms with van der Waals surface area (Å²) in [5, 5.41) is 2.49. The van der Waals surface area contributed by atoms with Crippen LogP contribution in [0.5, 0.6) is 5.75 Å². The number of aryl methyl sites for hydroxylation is 1. The van der Waals surface area contributed by atoms with Gasteiger partial charge in [0.05, 0.1) is 11.4 Å². The zero-order valence-electron chi connectivity index (χ0n) is 18.3. The number of thioether (sulfide) groups is 1. The standard InChI is InChI=1S/C26H21IN2O4S/c1-17-5-4-7-21(13-17)28-24(30)16-33-22-8-3-2-6-19(22)14-23-25(31)29(26(32)34-23)15-18-9-11-20(27)12-10-18/h2-14H,15-16H2,1H3,(H,28,30)/b23-14-. The lowest BCUT2D eigenvalue weighted by molar-refractivity contribution is -0.123. The minimum atomic E-state index is -0.347. The van der Waals surface area contributed by atoms with Crippen molar-refractivity contribution < 1.29 is 19.1 Å². The van der Waals surface area contributed by atoms with Crippen molar-refractivity contribution >= 4 is 63.2 Å². The molecule has 1 aliphatic heterocycles. The van der Waals surface area contributed by atoms with Gasteiger partial charge in [0.2, 0.25) is 0 Å². The number of nitrogens with zero attached hydrogens (tertiary/aromatic N) is 1. The van der Waals surface area contributed by atoms with Crippen LogP contribution in [0.15, 0.2) is 77.7 Å². The summed E-state index contributed by atoms with van der Waals surface area (Å²) >= 11 is 3.10. The SMILES string of the molecule is Cc1cccc(NC(=O)COc2ccccc2/C=C2\SC(=O)N(Cc3ccc(I)cc3)C2=O)c1. The molecule has 1 heterocycles. The van der Waals surface area contributed by atoms with E-state index in [1.54, 1.807) is 30.3 Å². The number of ether oxygens (including phenoxy) is 1. The fourth-order valence-corrected chi connectivity index (χ4v) is 4.53. The normalized spacial score (nSPS) is 14.5. The number of carbonyl (C=O) groups is 3. The number of imide groups is 1. The average Bonchev–Trinajstić information content (AvgIpc) is 3.07. The Balaban J connectivity index is 1.44. The van der Waals surface area contributed by atoms with Crippen LogP contribution >= 0.6 is 34.4 Å². The van der Waals surface area contributed by atoms with Crippen LogP contribution < -0.4 is 10.1 Å². The first-order chi connectivity index (χ1) is 16.4. The Morgan fingerprint density at radius 3 is 2.59 bits per heavy atom. The molecule has 3 aromatic carbocycles. The maximum Gasteiger partial charge on any atom is 0.293 e. The Bertz CT molecular complexity index is 1270. The predicted octanol–water partition coefficient (Wildman–Crippen LogP) is 5.85. The number of hydrogen-bond acceptors (Lipinski definition) is 5. The molecule has 0 spiro atoms. The van der Waals surface area contributed by atoms with Crippen LogP contribution in [0.1, 0.15) is 16.7 Å². The van der Waals surface area contributed by atoms with Gasteiger partial charge in [0.15, 0.2) is 6.61 Å². The second-order valence-electron chi connectivity index (χ2n) is 7.64. The van der Waals surface area contributed by atoms with Gasteiger partial charge in [-0.3, -0.25) is 19.3 Å². The number of amides is 3. The van der Waals surface area contributed by atoms with Gasteiger partial charge in [-0.25, -0.2) is 0 Å². The molecule has 1 saturated heterocycles. The van der Waals surface area contributed by atoms with Crippen LogP contribution in [0.4, 0.5) is 10.5 Å². The lowest BCUT2D eigenvalue weighted by Crippen LogP contribution is -2.27. The van der Waals surface area contributed by atoms with Crippen LogP contribution in [-0.4, -0.2) is 28.6 Å². The maximum atomic E-state index is 12.9. The Labute approximate surface area is 215 Å². The molecule has 6 nitrogen and oxygen atoms in total. The minimum absolute atomic E-state index is 0.187. The van der Waals surface area contributed by atoms with E-state index in [0.717, 1.165) is 26.5 Å². The van der Waals surface area contributed by atoms with Crippen LogP contribution in [0.2, 0.25) is 0 Å². The van der Waals surface area contributed by atoms with Gasteiger partial charge in [-0.2, -0.15) is 0 Å². The summed E-state index contributed by atoms with van der Waals surface area (Å²) in [6.45, 7) is 1.98. The number of rotatable bonds is 7. The first kappa shape index (κ1) is 24.0. The van der Waals surface area contributed by atoms with Crippen molar-refractivity contribution in [3.8, 4) is 5.75 Å². The van der Waals surface area contributed by atoms with Crippen molar-refractivity contribution in [3.05, 3.63) is 98.0 Å². The van der Waals surface area contributed by atoms with Crippen molar-refractivity contribution in [2.75, 3.05) is 11.9 Å². The summed E-state index contributed by atoms with van der Waals surface area (Å²) in [6, 6.07) is 22.3. The molecule has 3 aromatic rings. The zero-order chi connectivity index (χ0) is 24.1. The second-order valence-corrected chi connectivity index (χ2v) is 9.88. The first-order valence-electron chi connectivity index (χ1n) is 10.5. The molecule has 0 unspecified atom stereocenters. The number of para-hydroxylation sites is 1. The van der Waals surface area contributed by atoms with Gasteiger partial charge in [-0.1, -0.05) is 42.5 Å². The molecule has 0 saturated carbocycles. The summed E-state index contributed by atoms with van der Waals surface area (Å²) in [5.74, 6) is -0.190. The number of benzene rings is 3. The number of nitrogens with one attached hydrogen (secondary N) is 1. The average molecular weight is 584 g/mol. The van der Waals surface area contributed by atoms with Gasteiger partial charge in [0.1, 0.15) is 5.75 Å². The molecule has 1 fully saturated rings. The third-order valence-electron chi connectivity index (χ3n) is 4.99. The Morgan fingerprint density at radius 2 is 1.82 bits per heavy atom. The highest BCUT2D eigenvalue weighted by atomic mass is 127. The van der Waals surface area contributed by atoms with Crippen LogP contribution in [0.25, 0.3) is 6.08 Å². The largest absolute Gasteiger partial charge is 0.483 e. The molecule has 0 radical (unpaired) electrons. The second kappa shape index (κ2) is 10.9. The quantitative estimate of drug-likeness (QED) is 0.279. The van der Waals surface area contributed by atoms with Crippen LogP contribution in [0.3, 0.4) is 0 Å². The van der Waals surface area contributed by atoms with Crippen molar-refractivity contribution in [2.45, 2.75) is 13.5 Å². The molecule has 4 rings (SSSR count). The number of halogens is 1. The molecule has 172 valence electrons. The molecule has 0 aromatic heterocycles. The van der Waals surface area contributed by atoms with E-state index >= 15 is 0 Å². The lowest BCUT2D eigenvalue weighted by atomic mass is 10.1. The van der Waals surface area contributed by atoms with E-state index in [9.17, 15) is 14.4 Å². The minimum Gasteiger partial charge on any atom is -0.483 e. The highest BCUT2D eigenvalue weighted by Gasteiger charge is 2.35. The van der Waals surface area contributed by atoms with E-state index in [1.165, 1.54) is 4.90 Å². The highest BCUT2D eigenvalue weighted by Crippen LogP contribution is 2.35. The fourth-order valence-electron chi connectivity index (χ4n) is 3.34. The van der Waals surface area contributed by atoms with E-state index < -0.39 is 0 Å². The van der Waals surface area contributed by atoms with Crippen molar-refractivity contribution in [2.24, 2.45) is 0 Å². The molecule has 34 heavy (non-hydrogen) atoms. The molecular formula is C26H21IN2O4S. The van der Waals surface area contributed by atoms with Gasteiger partial charge >= 0.3 is 0 Å². The van der Waals surface area contributed by atoms with Gasteiger partial charge < -0.3 is 10.1 Å². The van der Waals surface area contributed by atoms with Crippen molar-refractivity contribution in [3.63, 3.8) is 0 Å². The highest BCUT2D eigenvalue weighted by molar-refractivity contribution is 14.1. The Morgan fingerprint density at radius 1 is 1.06 bits per heavy atom.